The van der Waals surface area contributed by atoms with Crippen molar-refractivity contribution in [2.75, 3.05) is 5.32 Å². The van der Waals surface area contributed by atoms with Gasteiger partial charge >= 0.3 is 0 Å². The van der Waals surface area contributed by atoms with Crippen LogP contribution in [0.5, 0.6) is 0 Å². The van der Waals surface area contributed by atoms with Crippen LogP contribution in [0.1, 0.15) is 40.5 Å². The van der Waals surface area contributed by atoms with Gasteiger partial charge in [0.1, 0.15) is 0 Å². The third-order valence-electron chi connectivity index (χ3n) is 4.02. The van der Waals surface area contributed by atoms with E-state index in [4.69, 9.17) is 11.6 Å². The van der Waals surface area contributed by atoms with Crippen LogP contribution in [0.4, 0.5) is 5.69 Å². The van der Waals surface area contributed by atoms with Gasteiger partial charge in [0.25, 0.3) is 0 Å². The lowest BCUT2D eigenvalue weighted by Crippen LogP contribution is -2.16. The molecule has 0 aliphatic heterocycles. The zero-order chi connectivity index (χ0) is 13.4. The van der Waals surface area contributed by atoms with E-state index in [1.165, 1.54) is 46.5 Å². The van der Waals surface area contributed by atoms with E-state index in [9.17, 15) is 0 Å². The summed E-state index contributed by atoms with van der Waals surface area (Å²) in [6.07, 6.45) is 3.61. The normalized spacial score (nSPS) is 18.2. The standard InChI is InChI=1S/C16H18ClNS/c1-10-5-3-6-13(11(10)2)18-14-7-4-8-15-12(14)9-16(17)19-15/h3,5-6,9,14,18H,4,7-8H2,1-2H3. The molecular formula is C16H18ClNS. The molecule has 1 nitrogen and oxygen atoms in total. The highest BCUT2D eigenvalue weighted by molar-refractivity contribution is 7.16. The van der Waals surface area contributed by atoms with E-state index in [2.05, 4.69) is 43.4 Å². The van der Waals surface area contributed by atoms with Crippen molar-refractivity contribution in [3.05, 3.63) is 50.2 Å². The van der Waals surface area contributed by atoms with Crippen LogP contribution < -0.4 is 5.32 Å². The van der Waals surface area contributed by atoms with Gasteiger partial charge in [0.05, 0.1) is 10.4 Å². The number of anilines is 1. The quantitative estimate of drug-likeness (QED) is 0.769. The van der Waals surface area contributed by atoms with E-state index in [1.54, 1.807) is 11.3 Å². The van der Waals surface area contributed by atoms with Gasteiger partial charge in [0, 0.05) is 10.6 Å². The van der Waals surface area contributed by atoms with E-state index >= 15 is 0 Å². The first-order valence-electron chi connectivity index (χ1n) is 6.76. The van der Waals surface area contributed by atoms with Crippen molar-refractivity contribution in [3.8, 4) is 0 Å². The molecule has 0 saturated carbocycles. The lowest BCUT2D eigenvalue weighted by atomic mass is 9.93. The molecular weight excluding hydrogens is 274 g/mol. The number of thiophene rings is 1. The molecule has 1 N–H and O–H groups in total. The molecule has 0 spiro atoms. The minimum absolute atomic E-state index is 0.410. The number of fused-ring (bicyclic) bond motifs is 1. The van der Waals surface area contributed by atoms with Gasteiger partial charge in [0.2, 0.25) is 0 Å². The minimum atomic E-state index is 0.410. The second-order valence-corrected chi connectivity index (χ2v) is 7.03. The fourth-order valence-corrected chi connectivity index (χ4v) is 4.15. The molecule has 3 heteroatoms. The number of nitrogens with one attached hydrogen (secondary N) is 1. The lowest BCUT2D eigenvalue weighted by Gasteiger charge is -2.25. The molecule has 1 aromatic heterocycles. The van der Waals surface area contributed by atoms with Crippen molar-refractivity contribution in [3.63, 3.8) is 0 Å². The number of hydrogen-bond donors (Lipinski definition) is 1. The van der Waals surface area contributed by atoms with Crippen molar-refractivity contribution < 1.29 is 0 Å². The molecule has 2 aromatic rings. The maximum atomic E-state index is 6.17. The Balaban J connectivity index is 1.90. The Morgan fingerprint density at radius 2 is 2.16 bits per heavy atom. The van der Waals surface area contributed by atoms with E-state index in [1.807, 2.05) is 0 Å². The Kier molecular flexibility index (Phi) is 3.55. The molecule has 1 heterocycles. The van der Waals surface area contributed by atoms with Gasteiger partial charge in [-0.3, -0.25) is 0 Å². The summed E-state index contributed by atoms with van der Waals surface area (Å²) in [5.74, 6) is 0. The second kappa shape index (κ2) is 5.18. The van der Waals surface area contributed by atoms with Crippen molar-refractivity contribution in [2.24, 2.45) is 0 Å². The SMILES string of the molecule is Cc1cccc(NC2CCCc3sc(Cl)cc32)c1C. The Morgan fingerprint density at radius 3 is 3.00 bits per heavy atom. The lowest BCUT2D eigenvalue weighted by molar-refractivity contribution is 0.608. The van der Waals surface area contributed by atoms with E-state index in [0.717, 1.165) is 4.34 Å². The van der Waals surface area contributed by atoms with Crippen LogP contribution in [-0.4, -0.2) is 0 Å². The molecule has 1 unspecified atom stereocenters. The molecule has 100 valence electrons. The third kappa shape index (κ3) is 2.52. The average molecular weight is 292 g/mol. The van der Waals surface area contributed by atoms with Gasteiger partial charge in [0.15, 0.2) is 0 Å². The molecule has 1 aromatic carbocycles. The van der Waals surface area contributed by atoms with Crippen LogP contribution in [0.15, 0.2) is 24.3 Å². The highest BCUT2D eigenvalue weighted by atomic mass is 35.5. The predicted octanol–water partition coefficient (Wildman–Crippen LogP) is 5.51. The summed E-state index contributed by atoms with van der Waals surface area (Å²) in [5, 5.41) is 3.71. The van der Waals surface area contributed by atoms with Gasteiger partial charge in [-0.1, -0.05) is 23.7 Å². The molecule has 0 bridgehead atoms. The van der Waals surface area contributed by atoms with Crippen LogP contribution >= 0.6 is 22.9 Å². The van der Waals surface area contributed by atoms with Crippen LogP contribution in [0.25, 0.3) is 0 Å². The fraction of sp³-hybridized carbons (Fsp3) is 0.375. The van der Waals surface area contributed by atoms with E-state index in [-0.39, 0.29) is 0 Å². The summed E-state index contributed by atoms with van der Waals surface area (Å²) in [5.41, 5.74) is 5.34. The zero-order valence-electron chi connectivity index (χ0n) is 11.3. The monoisotopic (exact) mass is 291 g/mol. The Labute approximate surface area is 123 Å². The maximum absolute atomic E-state index is 6.17. The minimum Gasteiger partial charge on any atom is -0.378 e. The Hall–Kier alpha value is -0.990. The summed E-state index contributed by atoms with van der Waals surface area (Å²) in [6.45, 7) is 4.34. The maximum Gasteiger partial charge on any atom is 0.0934 e. The van der Waals surface area contributed by atoms with Crippen molar-refractivity contribution in [2.45, 2.75) is 39.2 Å². The highest BCUT2D eigenvalue weighted by Crippen LogP contribution is 2.39. The average Bonchev–Trinajstić information content (AvgIpc) is 2.76. The molecule has 0 saturated heterocycles. The summed E-state index contributed by atoms with van der Waals surface area (Å²) >= 11 is 7.90. The van der Waals surface area contributed by atoms with Crippen molar-refractivity contribution in [1.29, 1.82) is 0 Å². The van der Waals surface area contributed by atoms with E-state index in [0.29, 0.717) is 6.04 Å². The number of hydrogen-bond acceptors (Lipinski definition) is 2. The fourth-order valence-electron chi connectivity index (χ4n) is 2.77. The first kappa shape index (κ1) is 13.0. The van der Waals surface area contributed by atoms with Gasteiger partial charge in [-0.25, -0.2) is 0 Å². The molecule has 0 radical (unpaired) electrons. The van der Waals surface area contributed by atoms with Crippen LogP contribution in [0.3, 0.4) is 0 Å². The van der Waals surface area contributed by atoms with Crippen LogP contribution in [0.2, 0.25) is 4.34 Å². The van der Waals surface area contributed by atoms with Gasteiger partial charge in [-0.2, -0.15) is 0 Å². The molecule has 1 aliphatic carbocycles. The predicted molar refractivity (Wildman–Crippen MR) is 84.5 cm³/mol. The topological polar surface area (TPSA) is 12.0 Å². The first-order valence-corrected chi connectivity index (χ1v) is 7.95. The number of benzene rings is 1. The van der Waals surface area contributed by atoms with Crippen LogP contribution in [-0.2, 0) is 6.42 Å². The van der Waals surface area contributed by atoms with Crippen molar-refractivity contribution >= 4 is 28.6 Å². The largest absolute Gasteiger partial charge is 0.378 e. The summed E-state index contributed by atoms with van der Waals surface area (Å²) in [7, 11) is 0. The highest BCUT2D eigenvalue weighted by Gasteiger charge is 2.23. The molecule has 1 aliphatic rings. The third-order valence-corrected chi connectivity index (χ3v) is 5.36. The summed E-state index contributed by atoms with van der Waals surface area (Å²) < 4.78 is 0.916. The molecule has 0 amide bonds. The molecule has 0 fully saturated rings. The number of halogens is 1. The van der Waals surface area contributed by atoms with Gasteiger partial charge < -0.3 is 5.32 Å². The molecule has 19 heavy (non-hydrogen) atoms. The smallest absolute Gasteiger partial charge is 0.0934 e. The summed E-state index contributed by atoms with van der Waals surface area (Å²) in [4.78, 5) is 1.46. The zero-order valence-corrected chi connectivity index (χ0v) is 12.9. The number of rotatable bonds is 2. The van der Waals surface area contributed by atoms with Crippen molar-refractivity contribution in [1.82, 2.24) is 0 Å². The second-order valence-electron chi connectivity index (χ2n) is 5.27. The summed E-state index contributed by atoms with van der Waals surface area (Å²) in [6, 6.07) is 9.00. The van der Waals surface area contributed by atoms with Gasteiger partial charge in [-0.15, -0.1) is 11.3 Å². The number of aryl methyl sites for hydroxylation is 2. The Bertz CT molecular complexity index is 603. The van der Waals surface area contributed by atoms with E-state index < -0.39 is 0 Å². The molecule has 1 atom stereocenters. The Morgan fingerprint density at radius 1 is 1.32 bits per heavy atom. The van der Waals surface area contributed by atoms with Crippen LogP contribution in [0, 0.1) is 13.8 Å². The molecule has 3 rings (SSSR count). The van der Waals surface area contributed by atoms with Gasteiger partial charge in [-0.05, 0) is 61.9 Å². The first-order chi connectivity index (χ1) is 9.15.